The van der Waals surface area contributed by atoms with Gasteiger partial charge in [-0.05, 0) is 30.7 Å². The molecule has 0 aliphatic rings. The van der Waals surface area contributed by atoms with Crippen LogP contribution < -0.4 is 26.5 Å². The van der Waals surface area contributed by atoms with Crippen molar-refractivity contribution in [2.75, 3.05) is 18.9 Å². The van der Waals surface area contributed by atoms with Crippen molar-refractivity contribution < 1.29 is 14.3 Å². The molecule has 0 fully saturated rings. The van der Waals surface area contributed by atoms with Gasteiger partial charge in [0.15, 0.2) is 12.4 Å². The van der Waals surface area contributed by atoms with E-state index in [1.165, 1.54) is 10.6 Å². The molecule has 7 nitrogen and oxygen atoms in total. The first-order valence-corrected chi connectivity index (χ1v) is 7.15. The first kappa shape index (κ1) is 16.4. The van der Waals surface area contributed by atoms with Crippen LogP contribution in [0.3, 0.4) is 0 Å². The summed E-state index contributed by atoms with van der Waals surface area (Å²) in [6.45, 7) is 0.592. The quantitative estimate of drug-likeness (QED) is 0.552. The first-order valence-electron chi connectivity index (χ1n) is 7.15. The fourth-order valence-corrected chi connectivity index (χ4v) is 1.98. The van der Waals surface area contributed by atoms with E-state index < -0.39 is 5.91 Å². The number of nitrogens with two attached hydrogens (primary N) is 2. The third-order valence-corrected chi connectivity index (χ3v) is 3.03. The second kappa shape index (κ2) is 7.88. The third-order valence-electron chi connectivity index (χ3n) is 3.03. The van der Waals surface area contributed by atoms with Gasteiger partial charge in [0.1, 0.15) is 5.75 Å². The molecule has 1 aromatic heterocycles. The van der Waals surface area contributed by atoms with Gasteiger partial charge in [0.05, 0.1) is 6.61 Å². The lowest BCUT2D eigenvalue weighted by molar-refractivity contribution is -0.119. The maximum atomic E-state index is 12.1. The molecule has 0 saturated heterocycles. The number of aryl methyl sites for hydroxylation is 1. The number of anilines is 1. The Morgan fingerprint density at radius 1 is 1.17 bits per heavy atom. The molecular formula is C16H19N3O4. The van der Waals surface area contributed by atoms with E-state index in [0.29, 0.717) is 31.0 Å². The zero-order chi connectivity index (χ0) is 16.7. The van der Waals surface area contributed by atoms with E-state index in [9.17, 15) is 9.59 Å². The SMILES string of the molecule is NC(=O)COc1cccn(CCCOc2cccc(N)c2)c1=O. The molecule has 0 radical (unpaired) electrons. The van der Waals surface area contributed by atoms with Crippen LogP contribution in [0.15, 0.2) is 47.4 Å². The molecule has 1 amide bonds. The predicted molar refractivity (Wildman–Crippen MR) is 86.4 cm³/mol. The fraction of sp³-hybridized carbons (Fsp3) is 0.250. The molecule has 0 unspecified atom stereocenters. The maximum absolute atomic E-state index is 12.1. The van der Waals surface area contributed by atoms with Crippen molar-refractivity contribution in [2.45, 2.75) is 13.0 Å². The van der Waals surface area contributed by atoms with Gasteiger partial charge in [0.25, 0.3) is 11.5 Å². The lowest BCUT2D eigenvalue weighted by atomic mass is 10.3. The molecule has 0 aliphatic heterocycles. The lowest BCUT2D eigenvalue weighted by Crippen LogP contribution is -2.26. The Morgan fingerprint density at radius 3 is 2.74 bits per heavy atom. The molecule has 122 valence electrons. The minimum atomic E-state index is -0.629. The van der Waals surface area contributed by atoms with Crippen molar-refractivity contribution in [3.63, 3.8) is 0 Å². The molecule has 0 aliphatic carbocycles. The fourth-order valence-electron chi connectivity index (χ4n) is 1.98. The number of nitrogen functional groups attached to an aromatic ring is 1. The highest BCUT2D eigenvalue weighted by molar-refractivity contribution is 5.75. The van der Waals surface area contributed by atoms with Gasteiger partial charge in [-0.3, -0.25) is 9.59 Å². The number of benzene rings is 1. The van der Waals surface area contributed by atoms with E-state index in [1.807, 2.05) is 12.1 Å². The van der Waals surface area contributed by atoms with Gasteiger partial charge in [-0.2, -0.15) is 0 Å². The van der Waals surface area contributed by atoms with Crippen molar-refractivity contribution in [1.29, 1.82) is 0 Å². The normalized spacial score (nSPS) is 10.3. The molecule has 0 bridgehead atoms. The van der Waals surface area contributed by atoms with Gasteiger partial charge in [-0.25, -0.2) is 0 Å². The topological polar surface area (TPSA) is 110 Å². The van der Waals surface area contributed by atoms with Crippen LogP contribution in [0, 0.1) is 0 Å². The summed E-state index contributed by atoms with van der Waals surface area (Å²) < 4.78 is 12.1. The number of ether oxygens (including phenoxy) is 2. The van der Waals surface area contributed by atoms with Gasteiger partial charge in [-0.15, -0.1) is 0 Å². The predicted octanol–water partition coefficient (Wildman–Crippen LogP) is 0.764. The molecule has 0 spiro atoms. The Balaban J connectivity index is 1.87. The van der Waals surface area contributed by atoms with Crippen LogP contribution in [-0.2, 0) is 11.3 Å². The van der Waals surface area contributed by atoms with E-state index in [1.54, 1.807) is 24.4 Å². The van der Waals surface area contributed by atoms with Gasteiger partial charge in [0.2, 0.25) is 0 Å². The molecule has 2 aromatic rings. The minimum absolute atomic E-state index is 0.100. The number of carbonyl (C=O) groups is 1. The summed E-state index contributed by atoms with van der Waals surface area (Å²) >= 11 is 0. The molecule has 4 N–H and O–H groups in total. The van der Waals surface area contributed by atoms with Gasteiger partial charge in [0, 0.05) is 24.5 Å². The number of hydrogen-bond acceptors (Lipinski definition) is 5. The van der Waals surface area contributed by atoms with Crippen molar-refractivity contribution >= 4 is 11.6 Å². The summed E-state index contributed by atoms with van der Waals surface area (Å²) in [4.78, 5) is 22.8. The van der Waals surface area contributed by atoms with E-state index in [4.69, 9.17) is 20.9 Å². The number of amides is 1. The van der Waals surface area contributed by atoms with Crippen molar-refractivity contribution in [3.8, 4) is 11.5 Å². The minimum Gasteiger partial charge on any atom is -0.493 e. The second-order valence-corrected chi connectivity index (χ2v) is 4.90. The molecular weight excluding hydrogens is 298 g/mol. The van der Waals surface area contributed by atoms with Gasteiger partial charge in [-0.1, -0.05) is 6.07 Å². The smallest absolute Gasteiger partial charge is 0.292 e. The molecule has 0 atom stereocenters. The largest absolute Gasteiger partial charge is 0.493 e. The van der Waals surface area contributed by atoms with Gasteiger partial charge >= 0.3 is 0 Å². The highest BCUT2D eigenvalue weighted by atomic mass is 16.5. The number of nitrogens with zero attached hydrogens (tertiary/aromatic N) is 1. The number of hydrogen-bond donors (Lipinski definition) is 2. The number of carbonyl (C=O) groups excluding carboxylic acids is 1. The number of primary amides is 1. The van der Waals surface area contributed by atoms with Crippen molar-refractivity contribution in [1.82, 2.24) is 4.57 Å². The Kier molecular flexibility index (Phi) is 5.62. The summed E-state index contributed by atoms with van der Waals surface area (Å²) in [5.74, 6) is 0.161. The monoisotopic (exact) mass is 317 g/mol. The Morgan fingerprint density at radius 2 is 2.00 bits per heavy atom. The highest BCUT2D eigenvalue weighted by Gasteiger charge is 2.05. The standard InChI is InChI=1S/C16H19N3O4/c17-12-4-1-5-13(10-12)22-9-3-8-19-7-2-6-14(16(19)21)23-11-15(18)20/h1-2,4-7,10H,3,8-9,11,17H2,(H2,18,20). The summed E-state index contributed by atoms with van der Waals surface area (Å²) in [7, 11) is 0. The third kappa shape index (κ3) is 5.06. The summed E-state index contributed by atoms with van der Waals surface area (Å²) in [5, 5.41) is 0. The average molecular weight is 317 g/mol. The summed E-state index contributed by atoms with van der Waals surface area (Å²) in [5.41, 5.74) is 11.0. The highest BCUT2D eigenvalue weighted by Crippen LogP contribution is 2.14. The van der Waals surface area contributed by atoms with Crippen LogP contribution in [0.5, 0.6) is 11.5 Å². The van der Waals surface area contributed by atoms with Crippen LogP contribution in [0.25, 0.3) is 0 Å². The first-order chi connectivity index (χ1) is 11.1. The Bertz CT molecular complexity index is 727. The maximum Gasteiger partial charge on any atom is 0.292 e. The van der Waals surface area contributed by atoms with Crippen LogP contribution in [-0.4, -0.2) is 23.7 Å². The lowest BCUT2D eigenvalue weighted by Gasteiger charge is -2.10. The van der Waals surface area contributed by atoms with Crippen molar-refractivity contribution in [3.05, 3.63) is 52.9 Å². The molecule has 2 rings (SSSR count). The summed E-state index contributed by atoms with van der Waals surface area (Å²) in [6, 6.07) is 10.3. The Hall–Kier alpha value is -2.96. The zero-order valence-corrected chi connectivity index (χ0v) is 12.6. The van der Waals surface area contributed by atoms with E-state index in [-0.39, 0.29) is 17.9 Å². The van der Waals surface area contributed by atoms with Crippen LogP contribution in [0.1, 0.15) is 6.42 Å². The van der Waals surface area contributed by atoms with E-state index in [0.717, 1.165) is 0 Å². The summed E-state index contributed by atoms with van der Waals surface area (Å²) in [6.07, 6.45) is 2.29. The number of rotatable bonds is 8. The van der Waals surface area contributed by atoms with E-state index >= 15 is 0 Å². The van der Waals surface area contributed by atoms with Crippen LogP contribution >= 0.6 is 0 Å². The average Bonchev–Trinajstić information content (AvgIpc) is 2.51. The number of aromatic nitrogens is 1. The molecule has 1 heterocycles. The van der Waals surface area contributed by atoms with Gasteiger partial charge < -0.3 is 25.5 Å². The molecule has 23 heavy (non-hydrogen) atoms. The molecule has 7 heteroatoms. The second-order valence-electron chi connectivity index (χ2n) is 4.90. The number of pyridine rings is 1. The van der Waals surface area contributed by atoms with E-state index in [2.05, 4.69) is 0 Å². The molecule has 0 saturated carbocycles. The van der Waals surface area contributed by atoms with Crippen LogP contribution in [0.4, 0.5) is 5.69 Å². The zero-order valence-electron chi connectivity index (χ0n) is 12.6. The van der Waals surface area contributed by atoms with Crippen molar-refractivity contribution in [2.24, 2.45) is 5.73 Å². The van der Waals surface area contributed by atoms with Crippen LogP contribution in [0.2, 0.25) is 0 Å². The molecule has 1 aromatic carbocycles. The Labute approximate surface area is 133 Å².